The minimum absolute atomic E-state index is 0.102. The van der Waals surface area contributed by atoms with Crippen molar-refractivity contribution in [2.45, 2.75) is 25.8 Å². The van der Waals surface area contributed by atoms with E-state index in [1.165, 1.54) is 11.3 Å². The number of nitrogens with one attached hydrogen (secondary N) is 1. The number of amides is 1. The number of rotatable bonds is 3. The van der Waals surface area contributed by atoms with Crippen LogP contribution in [0.15, 0.2) is 18.3 Å². The van der Waals surface area contributed by atoms with Crippen molar-refractivity contribution < 1.29 is 9.53 Å². The van der Waals surface area contributed by atoms with Gasteiger partial charge in [-0.25, -0.2) is 0 Å². The Balaban J connectivity index is 1.75. The Morgan fingerprint density at radius 2 is 2.29 bits per heavy atom. The van der Waals surface area contributed by atoms with E-state index in [2.05, 4.69) is 17.2 Å². The normalized spacial score (nSPS) is 17.8. The Morgan fingerprint density at radius 3 is 3.00 bits per heavy atom. The van der Waals surface area contributed by atoms with E-state index < -0.39 is 0 Å². The molecular formula is C15H19N3O2S. The number of hydrogen-bond donors (Lipinski definition) is 2. The maximum absolute atomic E-state index is 12.4. The molecule has 0 radical (unpaired) electrons. The van der Waals surface area contributed by atoms with Crippen molar-refractivity contribution in [2.75, 3.05) is 18.9 Å². The zero-order valence-electron chi connectivity index (χ0n) is 12.0. The first-order chi connectivity index (χ1) is 10.2. The SMILES string of the molecule is CC(NC(=O)c1sc2cccnc2c1N)C1CCOCC1. The molecule has 1 atom stereocenters. The van der Waals surface area contributed by atoms with Gasteiger partial charge in [-0.15, -0.1) is 11.3 Å². The van der Waals surface area contributed by atoms with E-state index in [0.717, 1.165) is 30.8 Å². The van der Waals surface area contributed by atoms with Gasteiger partial charge in [-0.05, 0) is 37.8 Å². The van der Waals surface area contributed by atoms with Gasteiger partial charge in [-0.1, -0.05) is 0 Å². The lowest BCUT2D eigenvalue weighted by molar-refractivity contribution is 0.0539. The fraction of sp³-hybridized carbons (Fsp3) is 0.467. The van der Waals surface area contributed by atoms with E-state index in [1.807, 2.05) is 12.1 Å². The average molecular weight is 305 g/mol. The minimum Gasteiger partial charge on any atom is -0.396 e. The summed E-state index contributed by atoms with van der Waals surface area (Å²) >= 11 is 1.40. The summed E-state index contributed by atoms with van der Waals surface area (Å²) in [6.45, 7) is 3.61. The van der Waals surface area contributed by atoms with Gasteiger partial charge < -0.3 is 15.8 Å². The van der Waals surface area contributed by atoms with Crippen molar-refractivity contribution >= 4 is 33.1 Å². The Bertz CT molecular complexity index is 649. The second-order valence-electron chi connectivity index (χ2n) is 5.41. The van der Waals surface area contributed by atoms with E-state index in [0.29, 0.717) is 22.0 Å². The lowest BCUT2D eigenvalue weighted by Crippen LogP contribution is -2.40. The number of nitrogens with two attached hydrogens (primary N) is 1. The van der Waals surface area contributed by atoms with Crippen molar-refractivity contribution in [1.29, 1.82) is 0 Å². The third-order valence-electron chi connectivity index (χ3n) is 4.02. The maximum atomic E-state index is 12.4. The molecule has 5 nitrogen and oxygen atoms in total. The number of ether oxygens (including phenoxy) is 1. The Hall–Kier alpha value is -1.66. The van der Waals surface area contributed by atoms with Crippen LogP contribution in [0.1, 0.15) is 29.4 Å². The summed E-state index contributed by atoms with van der Waals surface area (Å²) in [5, 5.41) is 3.08. The smallest absolute Gasteiger partial charge is 0.263 e. The van der Waals surface area contributed by atoms with Crippen molar-refractivity contribution in [2.24, 2.45) is 5.92 Å². The molecule has 2 aromatic heterocycles. The van der Waals surface area contributed by atoms with Gasteiger partial charge >= 0.3 is 0 Å². The minimum atomic E-state index is -0.102. The van der Waals surface area contributed by atoms with Crippen LogP contribution in [0.5, 0.6) is 0 Å². The van der Waals surface area contributed by atoms with Crippen LogP contribution in [0.25, 0.3) is 10.2 Å². The lowest BCUT2D eigenvalue weighted by atomic mass is 9.93. The number of aromatic nitrogens is 1. The largest absolute Gasteiger partial charge is 0.396 e. The summed E-state index contributed by atoms with van der Waals surface area (Å²) < 4.78 is 6.30. The van der Waals surface area contributed by atoms with Crippen LogP contribution in [-0.4, -0.2) is 30.1 Å². The first kappa shape index (κ1) is 14.3. The predicted molar refractivity (Wildman–Crippen MR) is 84.5 cm³/mol. The number of carbonyl (C=O) groups is 1. The second-order valence-corrected chi connectivity index (χ2v) is 6.46. The third-order valence-corrected chi connectivity index (χ3v) is 5.18. The van der Waals surface area contributed by atoms with Crippen LogP contribution in [0.3, 0.4) is 0 Å². The topological polar surface area (TPSA) is 77.2 Å². The molecule has 0 spiro atoms. The summed E-state index contributed by atoms with van der Waals surface area (Å²) in [6.07, 6.45) is 3.67. The summed E-state index contributed by atoms with van der Waals surface area (Å²) in [4.78, 5) is 17.2. The molecule has 1 amide bonds. The van der Waals surface area contributed by atoms with Crippen LogP contribution in [-0.2, 0) is 4.74 Å². The van der Waals surface area contributed by atoms with Crippen LogP contribution in [0.4, 0.5) is 5.69 Å². The van der Waals surface area contributed by atoms with Crippen LogP contribution in [0.2, 0.25) is 0 Å². The number of carbonyl (C=O) groups excluding carboxylic acids is 1. The molecule has 0 aliphatic carbocycles. The zero-order valence-corrected chi connectivity index (χ0v) is 12.8. The Morgan fingerprint density at radius 1 is 1.52 bits per heavy atom. The molecule has 1 aliphatic heterocycles. The maximum Gasteiger partial charge on any atom is 0.263 e. The van der Waals surface area contributed by atoms with E-state index in [-0.39, 0.29) is 11.9 Å². The summed E-state index contributed by atoms with van der Waals surface area (Å²) in [5.41, 5.74) is 7.25. The molecule has 3 rings (SSSR count). The molecule has 6 heteroatoms. The lowest BCUT2D eigenvalue weighted by Gasteiger charge is -2.28. The molecule has 3 N–H and O–H groups in total. The average Bonchev–Trinajstić information content (AvgIpc) is 2.86. The molecule has 3 heterocycles. The van der Waals surface area contributed by atoms with E-state index in [4.69, 9.17) is 10.5 Å². The van der Waals surface area contributed by atoms with Gasteiger partial charge in [0.1, 0.15) is 10.4 Å². The summed E-state index contributed by atoms with van der Waals surface area (Å²) in [7, 11) is 0. The molecule has 0 aromatic carbocycles. The highest BCUT2D eigenvalue weighted by Crippen LogP contribution is 2.32. The summed E-state index contributed by atoms with van der Waals surface area (Å²) in [5.74, 6) is 0.367. The highest BCUT2D eigenvalue weighted by Gasteiger charge is 2.24. The number of pyridine rings is 1. The van der Waals surface area contributed by atoms with Gasteiger partial charge in [-0.3, -0.25) is 9.78 Å². The first-order valence-electron chi connectivity index (χ1n) is 7.18. The Kier molecular flexibility index (Phi) is 4.07. The van der Waals surface area contributed by atoms with Crippen molar-refractivity contribution in [3.05, 3.63) is 23.2 Å². The predicted octanol–water partition coefficient (Wildman–Crippen LogP) is 2.42. The molecule has 0 saturated carbocycles. The van der Waals surface area contributed by atoms with E-state index in [1.54, 1.807) is 6.20 Å². The molecule has 1 saturated heterocycles. The number of fused-ring (bicyclic) bond motifs is 1. The van der Waals surface area contributed by atoms with Gasteiger partial charge in [0.2, 0.25) is 0 Å². The fourth-order valence-electron chi connectivity index (χ4n) is 2.72. The van der Waals surface area contributed by atoms with Gasteiger partial charge in [0.05, 0.1) is 10.4 Å². The molecule has 0 bridgehead atoms. The van der Waals surface area contributed by atoms with E-state index in [9.17, 15) is 4.79 Å². The van der Waals surface area contributed by atoms with Crippen LogP contribution in [0, 0.1) is 5.92 Å². The molecule has 1 unspecified atom stereocenters. The first-order valence-corrected chi connectivity index (χ1v) is 8.00. The molecule has 21 heavy (non-hydrogen) atoms. The summed E-state index contributed by atoms with van der Waals surface area (Å²) in [6, 6.07) is 3.91. The Labute approximate surface area is 127 Å². The number of nitrogens with zero attached hydrogens (tertiary/aromatic N) is 1. The van der Waals surface area contributed by atoms with Crippen molar-refractivity contribution in [3.8, 4) is 0 Å². The monoisotopic (exact) mass is 305 g/mol. The molecular weight excluding hydrogens is 286 g/mol. The van der Waals surface area contributed by atoms with Gasteiger partial charge in [0.25, 0.3) is 5.91 Å². The number of thiophene rings is 1. The van der Waals surface area contributed by atoms with Crippen LogP contribution >= 0.6 is 11.3 Å². The van der Waals surface area contributed by atoms with Gasteiger partial charge in [0, 0.05) is 25.5 Å². The molecule has 112 valence electrons. The standard InChI is InChI=1S/C15H19N3O2S/c1-9(10-4-7-20-8-5-10)18-15(19)14-12(16)13-11(21-14)3-2-6-17-13/h2-3,6,9-10H,4-5,7-8,16H2,1H3,(H,18,19). The van der Waals surface area contributed by atoms with E-state index >= 15 is 0 Å². The fourth-order valence-corrected chi connectivity index (χ4v) is 3.71. The number of hydrogen-bond acceptors (Lipinski definition) is 5. The van der Waals surface area contributed by atoms with Crippen molar-refractivity contribution in [3.63, 3.8) is 0 Å². The zero-order chi connectivity index (χ0) is 14.8. The van der Waals surface area contributed by atoms with Crippen LogP contribution < -0.4 is 11.1 Å². The second kappa shape index (κ2) is 5.99. The van der Waals surface area contributed by atoms with Gasteiger partial charge in [-0.2, -0.15) is 0 Å². The molecule has 1 fully saturated rings. The highest BCUT2D eigenvalue weighted by molar-refractivity contribution is 7.21. The quantitative estimate of drug-likeness (QED) is 0.913. The number of anilines is 1. The molecule has 1 aliphatic rings. The third kappa shape index (κ3) is 2.87. The van der Waals surface area contributed by atoms with Crippen molar-refractivity contribution in [1.82, 2.24) is 10.3 Å². The van der Waals surface area contributed by atoms with Gasteiger partial charge in [0.15, 0.2) is 0 Å². The highest BCUT2D eigenvalue weighted by atomic mass is 32.1. The number of nitrogen functional groups attached to an aromatic ring is 1. The molecule has 2 aromatic rings.